The molecule has 4 nitrogen and oxygen atoms in total. The minimum atomic E-state index is 0.0453. The lowest BCUT2D eigenvalue weighted by atomic mass is 10.0. The highest BCUT2D eigenvalue weighted by molar-refractivity contribution is 6.30. The second-order valence-electron chi connectivity index (χ2n) is 4.78. The number of benzene rings is 1. The molecule has 2 aromatic rings. The van der Waals surface area contributed by atoms with Crippen molar-refractivity contribution in [1.82, 2.24) is 15.2 Å². The van der Waals surface area contributed by atoms with Crippen LogP contribution in [-0.2, 0) is 19.4 Å². The van der Waals surface area contributed by atoms with Crippen LogP contribution < -0.4 is 11.3 Å². The Balaban J connectivity index is 2.23. The van der Waals surface area contributed by atoms with Crippen LogP contribution >= 0.6 is 11.6 Å². The number of nitrogens with one attached hydrogen (secondary N) is 1. The van der Waals surface area contributed by atoms with Crippen molar-refractivity contribution >= 4 is 11.6 Å². The summed E-state index contributed by atoms with van der Waals surface area (Å²) in [6, 6.07) is 10.0. The summed E-state index contributed by atoms with van der Waals surface area (Å²) in [7, 11) is 0. The van der Waals surface area contributed by atoms with Gasteiger partial charge in [0, 0.05) is 11.6 Å². The third-order valence-electron chi connectivity index (χ3n) is 3.43. The first-order valence-electron chi connectivity index (χ1n) is 6.95. The second kappa shape index (κ2) is 6.88. The minimum absolute atomic E-state index is 0.0453. The molecule has 1 aromatic heterocycles. The van der Waals surface area contributed by atoms with E-state index in [4.69, 9.17) is 17.4 Å². The topological polar surface area (TPSA) is 55.9 Å². The average molecular weight is 293 g/mol. The summed E-state index contributed by atoms with van der Waals surface area (Å²) in [5.41, 5.74) is 6.32. The highest BCUT2D eigenvalue weighted by Gasteiger charge is 2.16. The minimum Gasteiger partial charge on any atom is -0.271 e. The standard InChI is InChI=1S/C15H21ClN4/c1-3-13-10-15(20(4-2)19-13)14(18-17)9-11-5-7-12(16)8-6-11/h5-8,10,14,18H,3-4,9,17H2,1-2H3. The Labute approximate surface area is 124 Å². The summed E-state index contributed by atoms with van der Waals surface area (Å²) in [4.78, 5) is 0. The molecule has 0 spiro atoms. The predicted octanol–water partition coefficient (Wildman–Crippen LogP) is 2.87. The fraction of sp³-hybridized carbons (Fsp3) is 0.400. The number of aromatic nitrogens is 2. The number of aryl methyl sites for hydroxylation is 2. The van der Waals surface area contributed by atoms with Crippen LogP contribution in [0.15, 0.2) is 30.3 Å². The Morgan fingerprint density at radius 3 is 2.55 bits per heavy atom. The molecule has 0 amide bonds. The van der Waals surface area contributed by atoms with Crippen LogP contribution in [0.1, 0.15) is 36.8 Å². The summed E-state index contributed by atoms with van der Waals surface area (Å²) < 4.78 is 2.01. The van der Waals surface area contributed by atoms with Gasteiger partial charge in [0.1, 0.15) is 0 Å². The van der Waals surface area contributed by atoms with Gasteiger partial charge >= 0.3 is 0 Å². The lowest BCUT2D eigenvalue weighted by molar-refractivity contribution is 0.490. The van der Waals surface area contributed by atoms with Crippen molar-refractivity contribution in [1.29, 1.82) is 0 Å². The monoisotopic (exact) mass is 292 g/mol. The molecule has 0 aliphatic heterocycles. The molecule has 1 atom stereocenters. The fourth-order valence-electron chi connectivity index (χ4n) is 2.30. The van der Waals surface area contributed by atoms with Crippen LogP contribution in [0.5, 0.6) is 0 Å². The van der Waals surface area contributed by atoms with E-state index in [-0.39, 0.29) is 6.04 Å². The van der Waals surface area contributed by atoms with Crippen LogP contribution in [0.3, 0.4) is 0 Å². The van der Waals surface area contributed by atoms with Gasteiger partial charge in [0.05, 0.1) is 17.4 Å². The van der Waals surface area contributed by atoms with Gasteiger partial charge in [-0.1, -0.05) is 30.7 Å². The van der Waals surface area contributed by atoms with Crippen LogP contribution in [-0.4, -0.2) is 9.78 Å². The molecule has 0 bridgehead atoms. The maximum Gasteiger partial charge on any atom is 0.0669 e. The van der Waals surface area contributed by atoms with Crippen LogP contribution in [0, 0.1) is 0 Å². The molecule has 2 rings (SSSR count). The smallest absolute Gasteiger partial charge is 0.0669 e. The van der Waals surface area contributed by atoms with Gasteiger partial charge in [0.25, 0.3) is 0 Å². The molecule has 3 N–H and O–H groups in total. The van der Waals surface area contributed by atoms with Crippen molar-refractivity contribution in [3.05, 3.63) is 52.3 Å². The summed E-state index contributed by atoms with van der Waals surface area (Å²) in [5.74, 6) is 5.74. The Morgan fingerprint density at radius 2 is 2.00 bits per heavy atom. The Bertz CT molecular complexity index is 548. The number of hydrogen-bond acceptors (Lipinski definition) is 3. The largest absolute Gasteiger partial charge is 0.271 e. The van der Waals surface area contributed by atoms with Gasteiger partial charge in [-0.05, 0) is 43.5 Å². The van der Waals surface area contributed by atoms with Crippen LogP contribution in [0.2, 0.25) is 5.02 Å². The lowest BCUT2D eigenvalue weighted by Gasteiger charge is -2.17. The highest BCUT2D eigenvalue weighted by atomic mass is 35.5. The molecule has 1 heterocycles. The number of hydrazine groups is 1. The third-order valence-corrected chi connectivity index (χ3v) is 3.69. The zero-order valence-electron chi connectivity index (χ0n) is 11.9. The first kappa shape index (κ1) is 15.0. The third kappa shape index (κ3) is 3.39. The molecule has 0 saturated carbocycles. The molecule has 20 heavy (non-hydrogen) atoms. The summed E-state index contributed by atoms with van der Waals surface area (Å²) in [5, 5.41) is 5.32. The van der Waals surface area contributed by atoms with Crippen molar-refractivity contribution in [3.63, 3.8) is 0 Å². The van der Waals surface area contributed by atoms with Gasteiger partial charge in [0.2, 0.25) is 0 Å². The molecule has 0 aliphatic rings. The van der Waals surface area contributed by atoms with Gasteiger partial charge in [-0.15, -0.1) is 0 Å². The van der Waals surface area contributed by atoms with Crippen LogP contribution in [0.4, 0.5) is 0 Å². The molecule has 108 valence electrons. The van der Waals surface area contributed by atoms with E-state index >= 15 is 0 Å². The van der Waals surface area contributed by atoms with E-state index < -0.39 is 0 Å². The zero-order chi connectivity index (χ0) is 14.5. The Hall–Kier alpha value is -1.36. The molecule has 0 aliphatic carbocycles. The van der Waals surface area contributed by atoms with E-state index in [9.17, 15) is 0 Å². The normalized spacial score (nSPS) is 12.6. The molecular formula is C15H21ClN4. The number of halogens is 1. The lowest BCUT2D eigenvalue weighted by Crippen LogP contribution is -2.31. The Morgan fingerprint density at radius 1 is 1.30 bits per heavy atom. The predicted molar refractivity (Wildman–Crippen MR) is 82.5 cm³/mol. The Kier molecular flexibility index (Phi) is 5.17. The van der Waals surface area contributed by atoms with E-state index in [1.165, 1.54) is 5.56 Å². The van der Waals surface area contributed by atoms with Crippen molar-refractivity contribution in [2.24, 2.45) is 5.84 Å². The van der Waals surface area contributed by atoms with Gasteiger partial charge in [0.15, 0.2) is 0 Å². The maximum atomic E-state index is 5.91. The van der Waals surface area contributed by atoms with Crippen molar-refractivity contribution in [3.8, 4) is 0 Å². The highest BCUT2D eigenvalue weighted by Crippen LogP contribution is 2.20. The molecule has 1 aromatic carbocycles. The zero-order valence-corrected chi connectivity index (χ0v) is 12.7. The van der Waals surface area contributed by atoms with E-state index in [2.05, 4.69) is 30.4 Å². The van der Waals surface area contributed by atoms with E-state index in [0.717, 1.165) is 35.8 Å². The molecule has 1 unspecified atom stereocenters. The first-order valence-corrected chi connectivity index (χ1v) is 7.32. The quantitative estimate of drug-likeness (QED) is 0.636. The van der Waals surface area contributed by atoms with Gasteiger partial charge in [-0.3, -0.25) is 16.0 Å². The van der Waals surface area contributed by atoms with Crippen molar-refractivity contribution in [2.75, 3.05) is 0 Å². The fourth-order valence-corrected chi connectivity index (χ4v) is 2.42. The number of rotatable bonds is 6. The summed E-state index contributed by atoms with van der Waals surface area (Å²) >= 11 is 5.91. The van der Waals surface area contributed by atoms with E-state index in [0.29, 0.717) is 0 Å². The van der Waals surface area contributed by atoms with Gasteiger partial charge < -0.3 is 0 Å². The van der Waals surface area contributed by atoms with E-state index in [1.807, 2.05) is 28.9 Å². The average Bonchev–Trinajstić information content (AvgIpc) is 2.90. The number of hydrogen-bond donors (Lipinski definition) is 2. The van der Waals surface area contributed by atoms with Crippen molar-refractivity contribution in [2.45, 2.75) is 39.3 Å². The maximum absolute atomic E-state index is 5.91. The van der Waals surface area contributed by atoms with Gasteiger partial charge in [-0.25, -0.2) is 0 Å². The molecule has 0 saturated heterocycles. The molecule has 0 fully saturated rings. The van der Waals surface area contributed by atoms with E-state index in [1.54, 1.807) is 0 Å². The molecule has 5 heteroatoms. The molecule has 0 radical (unpaired) electrons. The summed E-state index contributed by atoms with van der Waals surface area (Å²) in [6.45, 7) is 5.04. The number of nitrogens with zero attached hydrogens (tertiary/aromatic N) is 2. The first-order chi connectivity index (χ1) is 9.67. The van der Waals surface area contributed by atoms with Gasteiger partial charge in [-0.2, -0.15) is 5.10 Å². The van der Waals surface area contributed by atoms with Crippen molar-refractivity contribution < 1.29 is 0 Å². The second-order valence-corrected chi connectivity index (χ2v) is 5.22. The number of nitrogens with two attached hydrogens (primary N) is 1. The summed E-state index contributed by atoms with van der Waals surface area (Å²) in [6.07, 6.45) is 1.74. The molecular weight excluding hydrogens is 272 g/mol. The van der Waals surface area contributed by atoms with Crippen LogP contribution in [0.25, 0.3) is 0 Å². The SMILES string of the molecule is CCc1cc(C(Cc2ccc(Cl)cc2)NN)n(CC)n1.